The molecule has 38 heavy (non-hydrogen) atoms. The van der Waals surface area contributed by atoms with Crippen LogP contribution in [-0.4, -0.2) is 76.8 Å². The van der Waals surface area contributed by atoms with E-state index in [0.29, 0.717) is 11.3 Å². The monoisotopic (exact) mass is 552 g/mol. The number of carbonyl (C=O) groups excluding carboxylic acids is 5. The molecule has 0 bridgehead atoms. The van der Waals surface area contributed by atoms with E-state index in [1.54, 1.807) is 36.6 Å². The molecule has 0 spiro atoms. The Labute approximate surface area is 225 Å². The molecule has 1 aromatic rings. The molecule has 1 aromatic carbocycles. The van der Waals surface area contributed by atoms with Crippen LogP contribution in [-0.2, 0) is 35.2 Å². The fraction of sp³-hybridized carbons (Fsp3) is 0.500. The zero-order valence-corrected chi connectivity index (χ0v) is 22.0. The third kappa shape index (κ3) is 12.5. The second kappa shape index (κ2) is 17.0. The van der Waals surface area contributed by atoms with Gasteiger partial charge >= 0.3 is 5.97 Å². The first-order valence-electron chi connectivity index (χ1n) is 11.9. The lowest BCUT2D eigenvalue weighted by atomic mass is 10.0. The van der Waals surface area contributed by atoms with Gasteiger partial charge in [0.1, 0.15) is 18.1 Å². The molecule has 4 atom stereocenters. The molecular formula is C24H36N6O7S. The predicted molar refractivity (Wildman–Crippen MR) is 141 cm³/mol. The summed E-state index contributed by atoms with van der Waals surface area (Å²) < 4.78 is 0. The number of nitrogens with one attached hydrogen (secondary N) is 3. The van der Waals surface area contributed by atoms with E-state index >= 15 is 0 Å². The maximum Gasteiger partial charge on any atom is 0.326 e. The number of rotatable bonds is 18. The van der Waals surface area contributed by atoms with Crippen LogP contribution in [0.4, 0.5) is 0 Å². The average molecular weight is 553 g/mol. The van der Waals surface area contributed by atoms with E-state index in [4.69, 9.17) is 17.2 Å². The number of carboxylic acid groups (broad SMARTS) is 1. The van der Waals surface area contributed by atoms with Crippen LogP contribution in [0.1, 0.15) is 37.7 Å². The highest BCUT2D eigenvalue weighted by molar-refractivity contribution is 7.98. The Morgan fingerprint density at radius 1 is 0.789 bits per heavy atom. The fourth-order valence-corrected chi connectivity index (χ4v) is 3.83. The van der Waals surface area contributed by atoms with Gasteiger partial charge in [0.15, 0.2) is 0 Å². The third-order valence-corrected chi connectivity index (χ3v) is 6.14. The van der Waals surface area contributed by atoms with Gasteiger partial charge in [0.2, 0.25) is 29.5 Å². The molecule has 0 aromatic heterocycles. The van der Waals surface area contributed by atoms with Crippen molar-refractivity contribution in [1.82, 2.24) is 16.0 Å². The van der Waals surface area contributed by atoms with Gasteiger partial charge in [-0.1, -0.05) is 30.3 Å². The van der Waals surface area contributed by atoms with Gasteiger partial charge in [-0.05, 0) is 36.8 Å². The van der Waals surface area contributed by atoms with Crippen molar-refractivity contribution in [3.63, 3.8) is 0 Å². The van der Waals surface area contributed by atoms with E-state index in [1.807, 2.05) is 0 Å². The Morgan fingerprint density at radius 3 is 1.82 bits per heavy atom. The van der Waals surface area contributed by atoms with E-state index in [-0.39, 0.29) is 38.5 Å². The summed E-state index contributed by atoms with van der Waals surface area (Å²) in [7, 11) is 0. The molecule has 0 saturated carbocycles. The Bertz CT molecular complexity index is 978. The highest BCUT2D eigenvalue weighted by Gasteiger charge is 2.30. The van der Waals surface area contributed by atoms with Crippen LogP contribution < -0.4 is 33.2 Å². The Hall–Kier alpha value is -3.65. The van der Waals surface area contributed by atoms with Crippen LogP contribution in [0.15, 0.2) is 30.3 Å². The van der Waals surface area contributed by atoms with Crippen LogP contribution in [0.5, 0.6) is 0 Å². The van der Waals surface area contributed by atoms with Gasteiger partial charge in [-0.3, -0.25) is 24.0 Å². The van der Waals surface area contributed by atoms with Crippen LogP contribution in [0.25, 0.3) is 0 Å². The topological polar surface area (TPSA) is 237 Å². The van der Waals surface area contributed by atoms with Crippen LogP contribution in [0.2, 0.25) is 0 Å². The van der Waals surface area contributed by atoms with Crippen LogP contribution in [0.3, 0.4) is 0 Å². The molecule has 1 rings (SSSR count). The number of benzene rings is 1. The van der Waals surface area contributed by atoms with Crippen molar-refractivity contribution in [2.75, 3.05) is 12.0 Å². The number of primary amides is 2. The van der Waals surface area contributed by atoms with Crippen molar-refractivity contribution in [2.24, 2.45) is 17.2 Å². The molecule has 4 unspecified atom stereocenters. The molecule has 14 heteroatoms. The van der Waals surface area contributed by atoms with Crippen molar-refractivity contribution in [1.29, 1.82) is 0 Å². The Morgan fingerprint density at radius 2 is 1.29 bits per heavy atom. The standard InChI is InChI=1S/C24H36N6O7S/c1-38-12-11-17(23(35)30-18(24(36)37)13-14-5-3-2-4-6-14)29-22(34)16(8-10-20(27)32)28-21(33)15(25)7-9-19(26)31/h2-6,15-18H,7-13,25H2,1H3,(H2,26,31)(H2,27,32)(H,28,33)(H,29,34)(H,30,35)(H,36,37). The molecule has 0 saturated heterocycles. The number of nitrogens with two attached hydrogens (primary N) is 3. The number of hydrogen-bond acceptors (Lipinski definition) is 8. The third-order valence-electron chi connectivity index (χ3n) is 5.49. The predicted octanol–water partition coefficient (Wildman–Crippen LogP) is -1.62. The van der Waals surface area contributed by atoms with Crippen molar-refractivity contribution in [3.8, 4) is 0 Å². The Kier molecular flexibility index (Phi) is 14.5. The second-order valence-electron chi connectivity index (χ2n) is 8.61. The summed E-state index contributed by atoms with van der Waals surface area (Å²) in [5.74, 6) is -4.39. The zero-order valence-electron chi connectivity index (χ0n) is 21.2. The van der Waals surface area contributed by atoms with Gasteiger partial charge in [-0.25, -0.2) is 4.79 Å². The van der Waals surface area contributed by atoms with Crippen molar-refractivity contribution < 1.29 is 33.9 Å². The average Bonchev–Trinajstić information content (AvgIpc) is 2.86. The molecule has 0 aliphatic carbocycles. The number of aliphatic carboxylic acids is 1. The van der Waals surface area contributed by atoms with Crippen molar-refractivity contribution in [2.45, 2.75) is 62.7 Å². The quantitative estimate of drug-likeness (QED) is 0.111. The zero-order chi connectivity index (χ0) is 28.7. The molecule has 210 valence electrons. The number of amides is 5. The first kappa shape index (κ1) is 32.4. The van der Waals surface area contributed by atoms with E-state index in [2.05, 4.69) is 16.0 Å². The minimum atomic E-state index is -1.27. The SMILES string of the molecule is CSCCC(NC(=O)C(CCC(N)=O)NC(=O)C(N)CCC(N)=O)C(=O)NC(Cc1ccccc1)C(=O)O. The number of carbonyl (C=O) groups is 6. The molecule has 0 radical (unpaired) electrons. The molecule has 0 aliphatic rings. The Balaban J connectivity index is 2.99. The number of carboxylic acids is 1. The second-order valence-corrected chi connectivity index (χ2v) is 9.60. The fourth-order valence-electron chi connectivity index (χ4n) is 3.36. The van der Waals surface area contributed by atoms with Gasteiger partial charge in [0, 0.05) is 19.3 Å². The minimum absolute atomic E-state index is 0.0333. The largest absolute Gasteiger partial charge is 0.480 e. The first-order chi connectivity index (χ1) is 17.9. The minimum Gasteiger partial charge on any atom is -0.480 e. The smallest absolute Gasteiger partial charge is 0.326 e. The van der Waals surface area contributed by atoms with Crippen LogP contribution >= 0.6 is 11.8 Å². The molecule has 13 nitrogen and oxygen atoms in total. The lowest BCUT2D eigenvalue weighted by molar-refractivity contribution is -0.142. The molecular weight excluding hydrogens is 516 g/mol. The van der Waals surface area contributed by atoms with E-state index < -0.39 is 59.7 Å². The normalized spacial score (nSPS) is 13.8. The lowest BCUT2D eigenvalue weighted by Gasteiger charge is -2.25. The van der Waals surface area contributed by atoms with Crippen LogP contribution in [0, 0.1) is 0 Å². The summed E-state index contributed by atoms with van der Waals surface area (Å²) in [6.07, 6.45) is 1.40. The molecule has 0 aliphatic heterocycles. The number of thioether (sulfide) groups is 1. The molecule has 0 heterocycles. The highest BCUT2D eigenvalue weighted by Crippen LogP contribution is 2.08. The summed E-state index contributed by atoms with van der Waals surface area (Å²) in [6.45, 7) is 0. The summed E-state index contributed by atoms with van der Waals surface area (Å²) in [4.78, 5) is 72.7. The number of hydrogen-bond donors (Lipinski definition) is 7. The van der Waals surface area contributed by atoms with Gasteiger partial charge in [0.05, 0.1) is 6.04 Å². The summed E-state index contributed by atoms with van der Waals surface area (Å²) >= 11 is 1.41. The molecule has 10 N–H and O–H groups in total. The molecule has 0 fully saturated rings. The van der Waals surface area contributed by atoms with Gasteiger partial charge in [0.25, 0.3) is 0 Å². The lowest BCUT2D eigenvalue weighted by Crippen LogP contribution is -2.57. The van der Waals surface area contributed by atoms with Gasteiger partial charge in [-0.15, -0.1) is 0 Å². The van der Waals surface area contributed by atoms with Crippen molar-refractivity contribution >= 4 is 47.3 Å². The van der Waals surface area contributed by atoms with Crippen molar-refractivity contribution in [3.05, 3.63) is 35.9 Å². The van der Waals surface area contributed by atoms with E-state index in [9.17, 15) is 33.9 Å². The van der Waals surface area contributed by atoms with E-state index in [1.165, 1.54) is 11.8 Å². The van der Waals surface area contributed by atoms with E-state index in [0.717, 1.165) is 0 Å². The summed E-state index contributed by atoms with van der Waals surface area (Å²) in [5, 5.41) is 17.1. The maximum absolute atomic E-state index is 13.1. The maximum atomic E-state index is 13.1. The summed E-state index contributed by atoms with van der Waals surface area (Å²) in [6, 6.07) is 3.97. The van der Waals surface area contributed by atoms with Gasteiger partial charge in [-0.2, -0.15) is 11.8 Å². The molecule has 5 amide bonds. The van der Waals surface area contributed by atoms with Gasteiger partial charge < -0.3 is 38.3 Å². The first-order valence-corrected chi connectivity index (χ1v) is 13.3. The summed E-state index contributed by atoms with van der Waals surface area (Å²) in [5.41, 5.74) is 16.7. The highest BCUT2D eigenvalue weighted by atomic mass is 32.2.